The van der Waals surface area contributed by atoms with Gasteiger partial charge in [0.15, 0.2) is 0 Å². The molecule has 0 aliphatic rings. The Morgan fingerprint density at radius 1 is 1.50 bits per heavy atom. The van der Waals surface area contributed by atoms with Gasteiger partial charge in [-0.1, -0.05) is 17.8 Å². The van der Waals surface area contributed by atoms with Crippen molar-refractivity contribution in [3.63, 3.8) is 0 Å². The molecule has 0 spiro atoms. The Morgan fingerprint density at radius 2 is 2.29 bits per heavy atom. The van der Waals surface area contributed by atoms with Crippen LogP contribution in [0.1, 0.15) is 13.8 Å². The Morgan fingerprint density at radius 3 is 2.93 bits per heavy atom. The summed E-state index contributed by atoms with van der Waals surface area (Å²) in [5, 5.41) is 1.05. The number of ether oxygens (including phenoxy) is 1. The molecule has 0 aliphatic heterocycles. The molecule has 1 aromatic rings. The fraction of sp³-hybridized carbons (Fsp3) is 0.364. The van der Waals surface area contributed by atoms with Gasteiger partial charge in [0, 0.05) is 11.9 Å². The van der Waals surface area contributed by atoms with Gasteiger partial charge in [0.05, 0.1) is 11.7 Å². The maximum absolute atomic E-state index is 5.41. The Hall–Kier alpha value is -0.960. The van der Waals surface area contributed by atoms with Crippen LogP contribution in [0.25, 0.3) is 0 Å². The third kappa shape index (κ3) is 3.42. The minimum Gasteiger partial charge on any atom is -0.494 e. The highest BCUT2D eigenvalue weighted by atomic mass is 32.2. The molecular weight excluding hydrogens is 194 g/mol. The molecule has 0 aliphatic carbocycles. The third-order valence-electron chi connectivity index (χ3n) is 1.70. The van der Waals surface area contributed by atoms with Crippen molar-refractivity contribution in [3.8, 4) is 5.75 Å². The molecule has 0 saturated carbocycles. The van der Waals surface area contributed by atoms with Gasteiger partial charge < -0.3 is 4.74 Å². The summed E-state index contributed by atoms with van der Waals surface area (Å²) in [6.07, 6.45) is 0. The molecule has 0 aromatic heterocycles. The highest BCUT2D eigenvalue weighted by Gasteiger charge is 1.98. The first kappa shape index (κ1) is 11.1. The summed E-state index contributed by atoms with van der Waals surface area (Å²) in [6.45, 7) is 4.69. The van der Waals surface area contributed by atoms with E-state index in [1.807, 2.05) is 32.0 Å². The second kappa shape index (κ2) is 5.70. The van der Waals surface area contributed by atoms with Crippen LogP contribution in [0.2, 0.25) is 0 Å². The SMILES string of the molecule is CCOc1cccc(SC(C)=NC)c1. The van der Waals surface area contributed by atoms with E-state index < -0.39 is 0 Å². The van der Waals surface area contributed by atoms with Gasteiger partial charge in [-0.25, -0.2) is 0 Å². The Labute approximate surface area is 89.4 Å². The number of rotatable bonds is 3. The molecule has 1 rings (SSSR count). The van der Waals surface area contributed by atoms with Crippen molar-refractivity contribution in [2.45, 2.75) is 18.7 Å². The number of hydrogen-bond donors (Lipinski definition) is 0. The van der Waals surface area contributed by atoms with Crippen molar-refractivity contribution in [1.82, 2.24) is 0 Å². The molecule has 0 N–H and O–H groups in total. The largest absolute Gasteiger partial charge is 0.494 e. The summed E-state index contributed by atoms with van der Waals surface area (Å²) >= 11 is 1.65. The van der Waals surface area contributed by atoms with Crippen molar-refractivity contribution in [1.29, 1.82) is 0 Å². The molecule has 2 nitrogen and oxygen atoms in total. The average Bonchev–Trinajstić information content (AvgIpc) is 2.19. The van der Waals surface area contributed by atoms with E-state index in [2.05, 4.69) is 11.1 Å². The molecule has 3 heteroatoms. The van der Waals surface area contributed by atoms with Crippen LogP contribution in [-0.4, -0.2) is 18.7 Å². The van der Waals surface area contributed by atoms with E-state index in [9.17, 15) is 0 Å². The van der Waals surface area contributed by atoms with Gasteiger partial charge in [-0.05, 0) is 32.0 Å². The normalized spacial score (nSPS) is 11.5. The van der Waals surface area contributed by atoms with Crippen LogP contribution >= 0.6 is 11.8 Å². The van der Waals surface area contributed by atoms with Gasteiger partial charge in [0.25, 0.3) is 0 Å². The number of benzene rings is 1. The maximum Gasteiger partial charge on any atom is 0.120 e. The summed E-state index contributed by atoms with van der Waals surface area (Å²) in [4.78, 5) is 5.26. The molecule has 1 aromatic carbocycles. The van der Waals surface area contributed by atoms with Crippen LogP contribution in [0.3, 0.4) is 0 Å². The van der Waals surface area contributed by atoms with Crippen LogP contribution in [-0.2, 0) is 0 Å². The van der Waals surface area contributed by atoms with Crippen molar-refractivity contribution in [3.05, 3.63) is 24.3 Å². The first-order valence-electron chi connectivity index (χ1n) is 4.60. The maximum atomic E-state index is 5.41. The van der Waals surface area contributed by atoms with Gasteiger partial charge in [-0.2, -0.15) is 0 Å². The van der Waals surface area contributed by atoms with Crippen molar-refractivity contribution < 1.29 is 4.74 Å². The summed E-state index contributed by atoms with van der Waals surface area (Å²) < 4.78 is 5.41. The van der Waals surface area contributed by atoms with Crippen LogP contribution in [0.15, 0.2) is 34.2 Å². The average molecular weight is 209 g/mol. The lowest BCUT2D eigenvalue weighted by molar-refractivity contribution is 0.339. The lowest BCUT2D eigenvalue weighted by Crippen LogP contribution is -1.91. The zero-order chi connectivity index (χ0) is 10.4. The zero-order valence-electron chi connectivity index (χ0n) is 8.78. The van der Waals surface area contributed by atoms with Crippen molar-refractivity contribution in [2.75, 3.05) is 13.7 Å². The van der Waals surface area contributed by atoms with Gasteiger partial charge in [0.1, 0.15) is 5.75 Å². The lowest BCUT2D eigenvalue weighted by atomic mass is 10.3. The predicted molar refractivity (Wildman–Crippen MR) is 62.5 cm³/mol. The van der Waals surface area contributed by atoms with Gasteiger partial charge >= 0.3 is 0 Å². The summed E-state index contributed by atoms with van der Waals surface area (Å²) in [5.41, 5.74) is 0. The van der Waals surface area contributed by atoms with Crippen LogP contribution in [0.4, 0.5) is 0 Å². The molecule has 0 amide bonds. The van der Waals surface area contributed by atoms with E-state index in [1.165, 1.54) is 4.90 Å². The summed E-state index contributed by atoms with van der Waals surface area (Å²) in [7, 11) is 1.80. The van der Waals surface area contributed by atoms with Crippen LogP contribution < -0.4 is 4.74 Å². The molecule has 14 heavy (non-hydrogen) atoms. The Kier molecular flexibility index (Phi) is 4.53. The zero-order valence-corrected chi connectivity index (χ0v) is 9.60. The third-order valence-corrected chi connectivity index (χ3v) is 2.66. The predicted octanol–water partition coefficient (Wildman–Crippen LogP) is 3.23. The number of thioether (sulfide) groups is 1. The monoisotopic (exact) mass is 209 g/mol. The Bertz CT molecular complexity index is 323. The van der Waals surface area contributed by atoms with Crippen molar-refractivity contribution >= 4 is 16.8 Å². The molecule has 0 radical (unpaired) electrons. The van der Waals surface area contributed by atoms with Gasteiger partial charge in [-0.15, -0.1) is 0 Å². The standard InChI is InChI=1S/C11H15NOS/c1-4-13-10-6-5-7-11(8-10)14-9(2)12-3/h5-8H,4H2,1-3H3. The van der Waals surface area contributed by atoms with E-state index in [-0.39, 0.29) is 0 Å². The molecular formula is C11H15NOS. The fourth-order valence-corrected chi connectivity index (χ4v) is 1.76. The summed E-state index contributed by atoms with van der Waals surface area (Å²) in [5.74, 6) is 0.918. The van der Waals surface area contributed by atoms with Crippen LogP contribution in [0, 0.1) is 0 Å². The van der Waals surface area contributed by atoms with Gasteiger partial charge in [-0.3, -0.25) is 4.99 Å². The van der Waals surface area contributed by atoms with E-state index in [1.54, 1.807) is 18.8 Å². The highest BCUT2D eigenvalue weighted by molar-refractivity contribution is 8.13. The van der Waals surface area contributed by atoms with E-state index in [0.717, 1.165) is 10.8 Å². The van der Waals surface area contributed by atoms with E-state index in [0.29, 0.717) is 6.61 Å². The molecule has 76 valence electrons. The first-order chi connectivity index (χ1) is 6.76. The topological polar surface area (TPSA) is 21.6 Å². The molecule has 0 unspecified atom stereocenters. The van der Waals surface area contributed by atoms with Crippen molar-refractivity contribution in [2.24, 2.45) is 4.99 Å². The van der Waals surface area contributed by atoms with E-state index >= 15 is 0 Å². The number of hydrogen-bond acceptors (Lipinski definition) is 3. The molecule has 0 bridgehead atoms. The fourth-order valence-electron chi connectivity index (χ4n) is 1.01. The quantitative estimate of drug-likeness (QED) is 0.433. The van der Waals surface area contributed by atoms with Crippen LogP contribution in [0.5, 0.6) is 5.75 Å². The molecule has 0 heterocycles. The second-order valence-electron chi connectivity index (χ2n) is 2.75. The minimum absolute atomic E-state index is 0.703. The number of nitrogens with zero attached hydrogens (tertiary/aromatic N) is 1. The summed E-state index contributed by atoms with van der Waals surface area (Å²) in [6, 6.07) is 8.05. The first-order valence-corrected chi connectivity index (χ1v) is 5.42. The molecule has 0 fully saturated rings. The molecule has 0 saturated heterocycles. The minimum atomic E-state index is 0.703. The number of aliphatic imine (C=N–C) groups is 1. The highest BCUT2D eigenvalue weighted by Crippen LogP contribution is 2.23. The molecule has 0 atom stereocenters. The Balaban J connectivity index is 2.73. The van der Waals surface area contributed by atoms with E-state index in [4.69, 9.17) is 4.74 Å². The smallest absolute Gasteiger partial charge is 0.120 e. The van der Waals surface area contributed by atoms with Gasteiger partial charge in [0.2, 0.25) is 0 Å². The second-order valence-corrected chi connectivity index (χ2v) is 4.02. The lowest BCUT2D eigenvalue weighted by Gasteiger charge is -2.05.